The van der Waals surface area contributed by atoms with Gasteiger partial charge in [-0.2, -0.15) is 0 Å². The molecule has 0 bridgehead atoms. The van der Waals surface area contributed by atoms with Gasteiger partial charge in [0.1, 0.15) is 6.10 Å². The van der Waals surface area contributed by atoms with E-state index in [1.54, 1.807) is 0 Å². The van der Waals surface area contributed by atoms with Gasteiger partial charge in [0.25, 0.3) is 0 Å². The molecule has 0 rings (SSSR count). The van der Waals surface area contributed by atoms with Gasteiger partial charge in [-0.25, -0.2) is 0 Å². The van der Waals surface area contributed by atoms with Crippen LogP contribution in [0.4, 0.5) is 0 Å². The summed E-state index contributed by atoms with van der Waals surface area (Å²) < 4.78 is 10.8. The molecule has 0 aliphatic heterocycles. The molecule has 27 heavy (non-hydrogen) atoms. The van der Waals surface area contributed by atoms with Gasteiger partial charge in [-0.3, -0.25) is 9.59 Å². The van der Waals surface area contributed by atoms with E-state index in [1.807, 2.05) is 0 Å². The van der Waals surface area contributed by atoms with E-state index in [1.165, 1.54) is 0 Å². The molecule has 4 nitrogen and oxygen atoms in total. The Kier molecular flexibility index (Phi) is 18.9. The highest BCUT2D eigenvalue weighted by Gasteiger charge is 2.12. The average Bonchev–Trinajstić information content (AvgIpc) is 2.65. The summed E-state index contributed by atoms with van der Waals surface area (Å²) in [5.74, 6) is -0.0890. The smallest absolute Gasteiger partial charge is 0.306 e. The van der Waals surface area contributed by atoms with Crippen LogP contribution < -0.4 is 0 Å². The van der Waals surface area contributed by atoms with E-state index in [2.05, 4.69) is 20.8 Å². The number of ether oxygens (including phenoxy) is 2. The zero-order valence-corrected chi connectivity index (χ0v) is 18.2. The number of rotatable bonds is 19. The first-order chi connectivity index (χ1) is 13.1. The quantitative estimate of drug-likeness (QED) is 0.183. The number of carbonyl (C=O) groups is 2. The summed E-state index contributed by atoms with van der Waals surface area (Å²) in [5.41, 5.74) is 0. The van der Waals surface area contributed by atoms with Crippen molar-refractivity contribution < 1.29 is 19.1 Å². The second-order valence-corrected chi connectivity index (χ2v) is 7.59. The predicted molar refractivity (Wildman–Crippen MR) is 112 cm³/mol. The molecular weight excluding hydrogens is 340 g/mol. The minimum Gasteiger partial charge on any atom is -0.466 e. The van der Waals surface area contributed by atoms with Crippen molar-refractivity contribution in [3.63, 3.8) is 0 Å². The monoisotopic (exact) mass is 384 g/mol. The van der Waals surface area contributed by atoms with Crippen molar-refractivity contribution in [2.24, 2.45) is 0 Å². The molecule has 0 aromatic carbocycles. The number of hydrogen-bond acceptors (Lipinski definition) is 4. The molecule has 0 saturated heterocycles. The van der Waals surface area contributed by atoms with Gasteiger partial charge in [-0.05, 0) is 32.1 Å². The molecule has 160 valence electrons. The fourth-order valence-electron chi connectivity index (χ4n) is 3.12. The average molecular weight is 385 g/mol. The minimum absolute atomic E-state index is 0.0321. The molecule has 0 radical (unpaired) electrons. The van der Waals surface area contributed by atoms with Gasteiger partial charge in [-0.15, -0.1) is 0 Å². The topological polar surface area (TPSA) is 52.6 Å². The third-order valence-electron chi connectivity index (χ3n) is 4.81. The lowest BCUT2D eigenvalue weighted by Crippen LogP contribution is -2.18. The lowest BCUT2D eigenvalue weighted by molar-refractivity contribution is -0.150. The van der Waals surface area contributed by atoms with Crippen LogP contribution in [-0.4, -0.2) is 24.6 Å². The molecule has 0 N–H and O–H groups in total. The van der Waals surface area contributed by atoms with E-state index in [0.717, 1.165) is 89.9 Å². The molecule has 0 aliphatic carbocycles. The van der Waals surface area contributed by atoms with Crippen LogP contribution in [0.15, 0.2) is 0 Å². The second kappa shape index (κ2) is 19.7. The lowest BCUT2D eigenvalue weighted by atomic mass is 10.1. The SMILES string of the molecule is CCCCCOC(=O)CCCCCCCCC(=O)OC(CCC)CCCC. The van der Waals surface area contributed by atoms with Crippen molar-refractivity contribution in [2.45, 2.75) is 130 Å². The zero-order valence-electron chi connectivity index (χ0n) is 18.2. The van der Waals surface area contributed by atoms with Crippen LogP contribution in [-0.2, 0) is 19.1 Å². The van der Waals surface area contributed by atoms with Crippen LogP contribution in [0.1, 0.15) is 124 Å². The summed E-state index contributed by atoms with van der Waals surface area (Å²) in [6.07, 6.45) is 15.9. The summed E-state index contributed by atoms with van der Waals surface area (Å²) in [6, 6.07) is 0. The molecule has 0 amide bonds. The van der Waals surface area contributed by atoms with Crippen molar-refractivity contribution in [1.82, 2.24) is 0 Å². The van der Waals surface area contributed by atoms with Crippen molar-refractivity contribution in [2.75, 3.05) is 6.61 Å². The third kappa shape index (κ3) is 18.1. The van der Waals surface area contributed by atoms with Gasteiger partial charge in [0.05, 0.1) is 6.61 Å². The van der Waals surface area contributed by atoms with Crippen LogP contribution in [0, 0.1) is 0 Å². The molecule has 1 atom stereocenters. The van der Waals surface area contributed by atoms with E-state index in [-0.39, 0.29) is 18.0 Å². The van der Waals surface area contributed by atoms with Crippen molar-refractivity contribution in [3.05, 3.63) is 0 Å². The van der Waals surface area contributed by atoms with Crippen LogP contribution in [0.2, 0.25) is 0 Å². The largest absolute Gasteiger partial charge is 0.466 e. The molecule has 0 aromatic heterocycles. The summed E-state index contributed by atoms with van der Waals surface area (Å²) in [7, 11) is 0. The Morgan fingerprint density at radius 1 is 0.630 bits per heavy atom. The van der Waals surface area contributed by atoms with E-state index >= 15 is 0 Å². The lowest BCUT2D eigenvalue weighted by Gasteiger charge is -2.17. The Balaban J connectivity index is 3.51. The maximum atomic E-state index is 12.0. The summed E-state index contributed by atoms with van der Waals surface area (Å²) in [6.45, 7) is 7.02. The van der Waals surface area contributed by atoms with E-state index in [9.17, 15) is 9.59 Å². The van der Waals surface area contributed by atoms with Crippen LogP contribution in [0.3, 0.4) is 0 Å². The standard InChI is InChI=1S/C23H44O4/c1-4-7-15-20-26-22(24)18-13-11-9-10-12-14-19-23(25)27-21(16-6-3)17-8-5-2/h21H,4-20H2,1-3H3. The van der Waals surface area contributed by atoms with Gasteiger partial charge in [0, 0.05) is 12.8 Å². The highest BCUT2D eigenvalue weighted by molar-refractivity contribution is 5.69. The van der Waals surface area contributed by atoms with Gasteiger partial charge in [0.2, 0.25) is 0 Å². The van der Waals surface area contributed by atoms with Crippen LogP contribution in [0.5, 0.6) is 0 Å². The van der Waals surface area contributed by atoms with Gasteiger partial charge < -0.3 is 9.47 Å². The maximum absolute atomic E-state index is 12.0. The van der Waals surface area contributed by atoms with E-state index in [4.69, 9.17) is 9.47 Å². The van der Waals surface area contributed by atoms with Gasteiger partial charge >= 0.3 is 11.9 Å². The number of carbonyl (C=O) groups excluding carboxylic acids is 2. The number of unbranched alkanes of at least 4 members (excludes halogenated alkanes) is 8. The first-order valence-corrected chi connectivity index (χ1v) is 11.5. The van der Waals surface area contributed by atoms with E-state index < -0.39 is 0 Å². The van der Waals surface area contributed by atoms with Crippen LogP contribution >= 0.6 is 0 Å². The summed E-state index contributed by atoms with van der Waals surface area (Å²) in [4.78, 5) is 23.5. The first-order valence-electron chi connectivity index (χ1n) is 11.5. The van der Waals surface area contributed by atoms with Crippen LogP contribution in [0.25, 0.3) is 0 Å². The Hall–Kier alpha value is -1.06. The fraction of sp³-hybridized carbons (Fsp3) is 0.913. The molecular formula is C23H44O4. The Morgan fingerprint density at radius 3 is 1.81 bits per heavy atom. The Morgan fingerprint density at radius 2 is 1.22 bits per heavy atom. The Labute approximate surface area is 167 Å². The number of esters is 2. The molecule has 0 heterocycles. The van der Waals surface area contributed by atoms with Crippen molar-refractivity contribution in [3.8, 4) is 0 Å². The fourth-order valence-corrected chi connectivity index (χ4v) is 3.12. The molecule has 0 aliphatic rings. The number of hydrogen-bond donors (Lipinski definition) is 0. The predicted octanol–water partition coefficient (Wildman–Crippen LogP) is 6.74. The zero-order chi connectivity index (χ0) is 20.2. The highest BCUT2D eigenvalue weighted by atomic mass is 16.5. The molecule has 0 saturated carbocycles. The molecule has 4 heteroatoms. The highest BCUT2D eigenvalue weighted by Crippen LogP contribution is 2.14. The molecule has 1 unspecified atom stereocenters. The minimum atomic E-state index is -0.0569. The first kappa shape index (κ1) is 25.9. The molecule has 0 spiro atoms. The summed E-state index contributed by atoms with van der Waals surface area (Å²) in [5, 5.41) is 0. The molecule has 0 fully saturated rings. The molecule has 0 aromatic rings. The maximum Gasteiger partial charge on any atom is 0.306 e. The Bertz CT molecular complexity index is 354. The normalized spacial score (nSPS) is 12.0. The second-order valence-electron chi connectivity index (χ2n) is 7.59. The van der Waals surface area contributed by atoms with Crippen molar-refractivity contribution in [1.29, 1.82) is 0 Å². The third-order valence-corrected chi connectivity index (χ3v) is 4.81. The summed E-state index contributed by atoms with van der Waals surface area (Å²) >= 11 is 0. The van der Waals surface area contributed by atoms with Crippen molar-refractivity contribution >= 4 is 11.9 Å². The van der Waals surface area contributed by atoms with E-state index in [0.29, 0.717) is 19.4 Å². The van der Waals surface area contributed by atoms with Gasteiger partial charge in [0.15, 0.2) is 0 Å². The van der Waals surface area contributed by atoms with Gasteiger partial charge in [-0.1, -0.05) is 78.6 Å².